The number of aromatic nitrogens is 8. The summed E-state index contributed by atoms with van der Waals surface area (Å²) in [6, 6.07) is 36.8. The van der Waals surface area contributed by atoms with Crippen LogP contribution in [0.1, 0.15) is 147 Å². The van der Waals surface area contributed by atoms with E-state index in [1.807, 2.05) is 142 Å². The van der Waals surface area contributed by atoms with E-state index in [-0.39, 0.29) is 0 Å². The average Bonchev–Trinajstić information content (AvgIpc) is 1.22. The van der Waals surface area contributed by atoms with Gasteiger partial charge in [0.15, 0.2) is 47.7 Å². The SMILES string of the molecule is C=CCc1c(C)nc(-c2ccsc2)nc1Nc1ccc(C(OCC)C(=O)O)cc1.C=CCc1c(CC)nc(-c2ccsc2)nc1Nc1ccc(C(OCC)C(=O)O)cc1.CCOC(C(=O)O)c1ccc(Nc2nc(-c3ccsc3)nc(C)c2CC)cc1.CCOC(C(=O)O)c1ccc(Nc2nc(-c3ccsc3)nc(CC)c2CC)cc1. The van der Waals surface area contributed by atoms with Crippen LogP contribution in [0.25, 0.3) is 45.6 Å². The molecule has 28 heteroatoms. The summed E-state index contributed by atoms with van der Waals surface area (Å²) >= 11 is 6.43. The molecule has 4 unspecified atom stereocenters. The van der Waals surface area contributed by atoms with Crippen LogP contribution < -0.4 is 21.3 Å². The standard InChI is InChI=1S/C23H25N3O3S.C22H23N3O3S.C22H25N3O3S.C21H23N3O3S/c1-4-7-18-19(5-2)25-21(16-12-13-30-14-16)26-22(18)24-17-10-8-15(9-11-17)20(23(27)28)29-6-3;1-4-6-18-14(3)23-20(16-11-12-29-13-16)25-21(18)24-17-9-7-15(8-10-17)19(22(26)27)28-5-2;1-4-17-18(5-2)24-20(15-11-12-29-13-15)25-21(17)23-16-9-7-14(8-10-16)19(22(26)27)28-6-3;1-4-17-13(3)22-19(15-10-11-28-12-15)24-20(17)23-16-8-6-14(7-9-16)18(21(25)26)27-5-2/h4,8-14,20H,1,5-7H2,2-3H3,(H,27,28)(H,24,25,26);4,7-13,19H,1,5-6H2,2-3H3,(H,26,27)(H,23,24,25);7-13,19H,4-6H2,1-3H3,(H,26,27)(H,23,24,25);6-12,18H,4-5H2,1-3H3,(H,25,26)(H,22,23,24). The topological polar surface area (TPSA) is 337 Å². The normalized spacial score (nSPS) is 11.9. The summed E-state index contributed by atoms with van der Waals surface area (Å²) < 4.78 is 21.3. The summed E-state index contributed by atoms with van der Waals surface area (Å²) in [5.74, 6) is 1.74. The molecule has 0 bridgehead atoms. The minimum absolute atomic E-state index is 0.327. The Kier molecular flexibility index (Phi) is 33.8. The number of ether oxygens (including phenoxy) is 4. The zero-order valence-electron chi connectivity index (χ0n) is 66.4. The number of nitrogens with one attached hydrogen (secondary N) is 4. The highest BCUT2D eigenvalue weighted by molar-refractivity contribution is 7.09. The number of anilines is 8. The minimum atomic E-state index is -1.01. The van der Waals surface area contributed by atoms with E-state index in [0.29, 0.717) is 90.6 Å². The third-order valence-electron chi connectivity index (χ3n) is 17.9. The number of carbonyl (C=O) groups is 4. The molecule has 0 fully saturated rings. The fourth-order valence-electron chi connectivity index (χ4n) is 12.3. The third kappa shape index (κ3) is 23.8. The number of carboxylic acid groups (broad SMARTS) is 4. The van der Waals surface area contributed by atoms with Gasteiger partial charge in [-0.3, -0.25) is 0 Å². The number of aryl methyl sites for hydroxylation is 4. The molecule has 0 radical (unpaired) electrons. The largest absolute Gasteiger partial charge is 0.479 e. The molecule has 8 heterocycles. The van der Waals surface area contributed by atoms with Gasteiger partial charge in [-0.15, -0.1) is 13.2 Å². The van der Waals surface area contributed by atoms with Crippen LogP contribution in [0.4, 0.5) is 46.0 Å². The molecule has 8 aromatic heterocycles. The van der Waals surface area contributed by atoms with Crippen LogP contribution in [0, 0.1) is 13.8 Å². The smallest absolute Gasteiger partial charge is 0.337 e. The van der Waals surface area contributed by atoms with Crippen LogP contribution in [-0.4, -0.2) is 111 Å². The van der Waals surface area contributed by atoms with E-state index in [1.165, 1.54) is 0 Å². The van der Waals surface area contributed by atoms with Crippen LogP contribution in [0.5, 0.6) is 0 Å². The van der Waals surface area contributed by atoms with Crippen molar-refractivity contribution in [2.24, 2.45) is 0 Å². The highest BCUT2D eigenvalue weighted by atomic mass is 32.1. The number of nitrogens with zero attached hydrogens (tertiary/aromatic N) is 8. The molecule has 0 aliphatic carbocycles. The Balaban J connectivity index is 0.000000177. The molecule has 12 rings (SSSR count). The van der Waals surface area contributed by atoms with Gasteiger partial charge in [0.1, 0.15) is 23.3 Å². The summed E-state index contributed by atoms with van der Waals surface area (Å²) in [6.07, 6.45) is 4.32. The zero-order valence-corrected chi connectivity index (χ0v) is 69.6. The number of hydrogen-bond donors (Lipinski definition) is 8. The van der Waals surface area contributed by atoms with E-state index in [4.69, 9.17) is 48.9 Å². The lowest BCUT2D eigenvalue weighted by atomic mass is 10.1. The predicted octanol–water partition coefficient (Wildman–Crippen LogP) is 20.8. The Morgan fingerprint density at radius 2 is 0.595 bits per heavy atom. The molecule has 0 spiro atoms. The summed E-state index contributed by atoms with van der Waals surface area (Å²) in [4.78, 5) is 83.4. The highest BCUT2D eigenvalue weighted by Gasteiger charge is 2.26. The lowest BCUT2D eigenvalue weighted by molar-refractivity contribution is -0.151. The van der Waals surface area contributed by atoms with E-state index >= 15 is 0 Å². The molecule has 0 amide bonds. The van der Waals surface area contributed by atoms with Crippen molar-refractivity contribution in [3.05, 3.63) is 257 Å². The van der Waals surface area contributed by atoms with Gasteiger partial charge >= 0.3 is 23.9 Å². The van der Waals surface area contributed by atoms with Crippen LogP contribution >= 0.6 is 45.3 Å². The predicted molar refractivity (Wildman–Crippen MR) is 463 cm³/mol. The lowest BCUT2D eigenvalue weighted by Gasteiger charge is -2.16. The Morgan fingerprint density at radius 3 is 0.845 bits per heavy atom. The Morgan fingerprint density at radius 1 is 0.345 bits per heavy atom. The van der Waals surface area contributed by atoms with E-state index < -0.39 is 48.3 Å². The first-order chi connectivity index (χ1) is 56.2. The maximum Gasteiger partial charge on any atom is 0.337 e. The monoisotopic (exact) mass is 1640 g/mol. The van der Waals surface area contributed by atoms with Gasteiger partial charge in [0.25, 0.3) is 0 Å². The van der Waals surface area contributed by atoms with Crippen LogP contribution in [-0.2, 0) is 76.7 Å². The van der Waals surface area contributed by atoms with Gasteiger partial charge in [-0.2, -0.15) is 45.3 Å². The second-order valence-corrected chi connectivity index (χ2v) is 28.8. The zero-order chi connectivity index (χ0) is 83.2. The maximum absolute atomic E-state index is 11.4. The minimum Gasteiger partial charge on any atom is -0.479 e. The fraction of sp³-hybridized carbons (Fsp3) is 0.273. The summed E-state index contributed by atoms with van der Waals surface area (Å²) in [6.45, 7) is 28.4. The fourth-order valence-corrected chi connectivity index (χ4v) is 14.8. The number of carboxylic acids is 4. The highest BCUT2D eigenvalue weighted by Crippen LogP contribution is 2.35. The van der Waals surface area contributed by atoms with E-state index in [1.54, 1.807) is 122 Å². The van der Waals surface area contributed by atoms with E-state index in [2.05, 4.69) is 72.1 Å². The van der Waals surface area contributed by atoms with Gasteiger partial charge in [0.2, 0.25) is 0 Å². The Bertz CT molecular complexity index is 5170. The number of hydrogen-bond acceptors (Lipinski definition) is 24. The molecule has 0 aliphatic heterocycles. The summed E-state index contributed by atoms with van der Waals surface area (Å²) in [5, 5.41) is 67.0. The second-order valence-electron chi connectivity index (χ2n) is 25.7. The number of thiophene rings is 4. The van der Waals surface area contributed by atoms with E-state index in [9.17, 15) is 39.6 Å². The molecule has 8 N–H and O–H groups in total. The van der Waals surface area contributed by atoms with Crippen molar-refractivity contribution in [3.63, 3.8) is 0 Å². The molecule has 4 aromatic carbocycles. The lowest BCUT2D eigenvalue weighted by Crippen LogP contribution is -2.15. The van der Waals surface area contributed by atoms with Crippen molar-refractivity contribution in [3.8, 4) is 45.6 Å². The van der Waals surface area contributed by atoms with Crippen molar-refractivity contribution in [2.45, 2.75) is 132 Å². The first kappa shape index (κ1) is 88.4. The van der Waals surface area contributed by atoms with Gasteiger partial charge in [-0.05, 0) is 197 Å². The van der Waals surface area contributed by atoms with Crippen molar-refractivity contribution >= 4 is 115 Å². The number of allylic oxidation sites excluding steroid dienone is 2. The maximum atomic E-state index is 11.4. The summed E-state index contributed by atoms with van der Waals surface area (Å²) in [7, 11) is 0. The van der Waals surface area contributed by atoms with Crippen molar-refractivity contribution < 1.29 is 58.6 Å². The Labute approximate surface area is 691 Å². The van der Waals surface area contributed by atoms with Crippen molar-refractivity contribution in [2.75, 3.05) is 47.7 Å². The number of benzene rings is 4. The van der Waals surface area contributed by atoms with Gasteiger partial charge in [0.05, 0.1) is 0 Å². The van der Waals surface area contributed by atoms with Crippen LogP contribution in [0.3, 0.4) is 0 Å². The third-order valence-corrected chi connectivity index (χ3v) is 20.7. The Hall–Kier alpha value is -11.6. The molecule has 0 saturated heterocycles. The van der Waals surface area contributed by atoms with Gasteiger partial charge in [-0.25, -0.2) is 59.0 Å². The quantitative estimate of drug-likeness (QED) is 0.0169. The van der Waals surface area contributed by atoms with Gasteiger partial charge < -0.3 is 60.6 Å². The molecule has 4 atom stereocenters. The molecule has 0 aliphatic rings. The van der Waals surface area contributed by atoms with Crippen molar-refractivity contribution in [1.82, 2.24) is 39.9 Å². The molecule has 116 heavy (non-hydrogen) atoms. The molecule has 604 valence electrons. The van der Waals surface area contributed by atoms with E-state index in [0.717, 1.165) is 133 Å². The van der Waals surface area contributed by atoms with Gasteiger partial charge in [-0.1, -0.05) is 88.4 Å². The van der Waals surface area contributed by atoms with Gasteiger partial charge in [0, 0.05) is 138 Å². The van der Waals surface area contributed by atoms with Crippen molar-refractivity contribution in [1.29, 1.82) is 0 Å². The summed E-state index contributed by atoms with van der Waals surface area (Å²) in [5.41, 5.74) is 17.6. The second kappa shape index (κ2) is 44.3. The average molecular weight is 1640 g/mol. The molecular weight excluding hydrogens is 1550 g/mol. The number of aliphatic carboxylic acids is 4. The first-order valence-corrected chi connectivity index (χ1v) is 41.7. The molecular formula is C88H96N12O12S4. The first-order valence-electron chi connectivity index (χ1n) is 37.9. The molecule has 12 aromatic rings. The number of rotatable bonds is 36. The van der Waals surface area contributed by atoms with Crippen LogP contribution in [0.2, 0.25) is 0 Å². The molecule has 24 nitrogen and oxygen atoms in total. The molecule has 0 saturated carbocycles. The van der Waals surface area contributed by atoms with Crippen LogP contribution in [0.15, 0.2) is 190 Å².